The highest BCUT2D eigenvalue weighted by Crippen LogP contribution is 2.30. The molecule has 0 bridgehead atoms. The molecule has 1 aliphatic heterocycles. The van der Waals surface area contributed by atoms with Gasteiger partial charge in [0.15, 0.2) is 0 Å². The lowest BCUT2D eigenvalue weighted by atomic mass is 9.94. The lowest BCUT2D eigenvalue weighted by Crippen LogP contribution is -2.41. The summed E-state index contributed by atoms with van der Waals surface area (Å²) in [6.45, 7) is 0.351. The van der Waals surface area contributed by atoms with Crippen molar-refractivity contribution < 1.29 is 9.59 Å². The molecule has 0 saturated heterocycles. The van der Waals surface area contributed by atoms with Crippen LogP contribution in [-0.2, 0) is 6.42 Å². The minimum Gasteiger partial charge on any atom is -0.274 e. The van der Waals surface area contributed by atoms with Crippen LogP contribution in [0.4, 0.5) is 0 Å². The molecule has 0 unspecified atom stereocenters. The fourth-order valence-electron chi connectivity index (χ4n) is 3.18. The van der Waals surface area contributed by atoms with Gasteiger partial charge in [0.1, 0.15) is 0 Å². The maximum absolute atomic E-state index is 12.8. The summed E-state index contributed by atoms with van der Waals surface area (Å²) in [4.78, 5) is 26.9. The SMILES string of the molecule is O=C1c2cccc3cccc(c23)C(=O)N1CCc1ccc(Cl)cc1. The second-order valence-corrected chi connectivity index (χ2v) is 6.28. The molecule has 0 aliphatic carbocycles. The second-order valence-electron chi connectivity index (χ2n) is 5.85. The summed E-state index contributed by atoms with van der Waals surface area (Å²) in [6, 6.07) is 18.6. The van der Waals surface area contributed by atoms with E-state index in [0.717, 1.165) is 16.3 Å². The Hall–Kier alpha value is -2.65. The third kappa shape index (κ3) is 2.38. The molecule has 0 aromatic heterocycles. The van der Waals surface area contributed by atoms with Crippen molar-refractivity contribution >= 4 is 34.2 Å². The quantitative estimate of drug-likeness (QED) is 0.668. The van der Waals surface area contributed by atoms with Crippen molar-refractivity contribution in [2.24, 2.45) is 0 Å². The Morgan fingerprint density at radius 3 is 1.96 bits per heavy atom. The minimum absolute atomic E-state index is 0.224. The lowest BCUT2D eigenvalue weighted by molar-refractivity contribution is 0.0612. The summed E-state index contributed by atoms with van der Waals surface area (Å²) >= 11 is 5.89. The molecule has 3 aromatic carbocycles. The Kier molecular flexibility index (Phi) is 3.58. The van der Waals surface area contributed by atoms with Crippen LogP contribution in [0.2, 0.25) is 5.02 Å². The van der Waals surface area contributed by atoms with Gasteiger partial charge in [0.05, 0.1) is 0 Å². The van der Waals surface area contributed by atoms with E-state index in [0.29, 0.717) is 29.1 Å². The number of rotatable bonds is 3. The summed E-state index contributed by atoms with van der Waals surface area (Å²) in [5.41, 5.74) is 2.23. The highest BCUT2D eigenvalue weighted by atomic mass is 35.5. The van der Waals surface area contributed by atoms with Crippen LogP contribution in [0.1, 0.15) is 26.3 Å². The van der Waals surface area contributed by atoms with E-state index in [-0.39, 0.29) is 11.8 Å². The van der Waals surface area contributed by atoms with Crippen molar-refractivity contribution in [1.29, 1.82) is 0 Å². The summed E-state index contributed by atoms with van der Waals surface area (Å²) in [5.74, 6) is -0.448. The highest BCUT2D eigenvalue weighted by molar-refractivity contribution is 6.30. The van der Waals surface area contributed by atoms with Crippen molar-refractivity contribution in [3.05, 3.63) is 82.4 Å². The average Bonchev–Trinajstić information content (AvgIpc) is 2.61. The van der Waals surface area contributed by atoms with Crippen LogP contribution in [0.25, 0.3) is 10.8 Å². The van der Waals surface area contributed by atoms with Gasteiger partial charge < -0.3 is 0 Å². The Morgan fingerprint density at radius 1 is 0.792 bits per heavy atom. The van der Waals surface area contributed by atoms with Crippen molar-refractivity contribution in [3.63, 3.8) is 0 Å². The maximum atomic E-state index is 12.8. The maximum Gasteiger partial charge on any atom is 0.261 e. The van der Waals surface area contributed by atoms with Crippen molar-refractivity contribution in [2.45, 2.75) is 6.42 Å². The van der Waals surface area contributed by atoms with Crippen LogP contribution in [0.5, 0.6) is 0 Å². The molecule has 0 saturated carbocycles. The van der Waals surface area contributed by atoms with Gasteiger partial charge in [-0.25, -0.2) is 0 Å². The van der Waals surface area contributed by atoms with Crippen LogP contribution in [0.15, 0.2) is 60.7 Å². The standard InChI is InChI=1S/C20H14ClNO2/c21-15-9-7-13(8-10-15)11-12-22-19(23)16-5-1-3-14-4-2-6-17(18(14)16)20(22)24/h1-10H,11-12H2. The Morgan fingerprint density at radius 2 is 1.38 bits per heavy atom. The molecule has 3 nitrogen and oxygen atoms in total. The molecule has 0 spiro atoms. The van der Waals surface area contributed by atoms with E-state index in [2.05, 4.69) is 0 Å². The summed E-state index contributed by atoms with van der Waals surface area (Å²) in [6.07, 6.45) is 0.604. The van der Waals surface area contributed by atoms with Crippen molar-refractivity contribution in [1.82, 2.24) is 4.90 Å². The number of hydrogen-bond donors (Lipinski definition) is 0. The van der Waals surface area contributed by atoms with Crippen LogP contribution < -0.4 is 0 Å². The molecule has 0 radical (unpaired) electrons. The first-order valence-corrected chi connectivity index (χ1v) is 8.15. The third-order valence-electron chi connectivity index (χ3n) is 4.39. The number of halogens is 1. The molecule has 2 amide bonds. The molecular formula is C20H14ClNO2. The monoisotopic (exact) mass is 335 g/mol. The highest BCUT2D eigenvalue weighted by Gasteiger charge is 2.32. The zero-order valence-electron chi connectivity index (χ0n) is 12.8. The number of amides is 2. The number of imide groups is 1. The summed E-state index contributed by atoms with van der Waals surface area (Å²) in [5, 5.41) is 2.35. The van der Waals surface area contributed by atoms with Gasteiger partial charge in [0.2, 0.25) is 0 Å². The van der Waals surface area contributed by atoms with E-state index in [1.807, 2.05) is 48.5 Å². The molecule has 0 atom stereocenters. The predicted molar refractivity (Wildman–Crippen MR) is 94.5 cm³/mol. The molecular weight excluding hydrogens is 322 g/mol. The first kappa shape index (κ1) is 14.9. The predicted octanol–water partition coefficient (Wildman–Crippen LogP) is 4.33. The van der Waals surface area contributed by atoms with Gasteiger partial charge in [-0.2, -0.15) is 0 Å². The van der Waals surface area contributed by atoms with Gasteiger partial charge in [-0.05, 0) is 41.6 Å². The second kappa shape index (κ2) is 5.77. The zero-order chi connectivity index (χ0) is 16.7. The molecule has 3 aromatic rings. The van der Waals surface area contributed by atoms with Crippen molar-refractivity contribution in [3.8, 4) is 0 Å². The topological polar surface area (TPSA) is 37.4 Å². The van der Waals surface area contributed by atoms with E-state index in [9.17, 15) is 9.59 Å². The van der Waals surface area contributed by atoms with Crippen LogP contribution in [-0.4, -0.2) is 23.3 Å². The molecule has 0 fully saturated rings. The van der Waals surface area contributed by atoms with E-state index >= 15 is 0 Å². The van der Waals surface area contributed by atoms with E-state index in [1.54, 1.807) is 12.1 Å². The number of carbonyl (C=O) groups is 2. The first-order chi connectivity index (χ1) is 11.6. The van der Waals surface area contributed by atoms with Crippen LogP contribution >= 0.6 is 11.6 Å². The molecule has 118 valence electrons. The van der Waals surface area contributed by atoms with Gasteiger partial charge in [-0.3, -0.25) is 14.5 Å². The fourth-order valence-corrected chi connectivity index (χ4v) is 3.30. The van der Waals surface area contributed by atoms with E-state index < -0.39 is 0 Å². The number of benzene rings is 3. The molecule has 1 heterocycles. The zero-order valence-corrected chi connectivity index (χ0v) is 13.6. The van der Waals surface area contributed by atoms with Crippen molar-refractivity contribution in [2.75, 3.05) is 6.54 Å². The molecule has 4 heteroatoms. The average molecular weight is 336 g/mol. The largest absolute Gasteiger partial charge is 0.274 e. The number of hydrogen-bond acceptors (Lipinski definition) is 2. The fraction of sp³-hybridized carbons (Fsp3) is 0.100. The number of carbonyl (C=O) groups excluding carboxylic acids is 2. The first-order valence-electron chi connectivity index (χ1n) is 7.77. The van der Waals surface area contributed by atoms with Gasteiger partial charge in [-0.1, -0.05) is 48.0 Å². The molecule has 4 rings (SSSR count). The Labute approximate surface area is 144 Å². The minimum atomic E-state index is -0.224. The Balaban J connectivity index is 1.68. The Bertz CT molecular complexity index is 912. The van der Waals surface area contributed by atoms with Gasteiger partial charge in [0.25, 0.3) is 11.8 Å². The van der Waals surface area contributed by atoms with E-state index in [1.165, 1.54) is 4.90 Å². The van der Waals surface area contributed by atoms with Crippen LogP contribution in [0, 0.1) is 0 Å². The molecule has 1 aliphatic rings. The lowest BCUT2D eigenvalue weighted by Gasteiger charge is -2.27. The third-order valence-corrected chi connectivity index (χ3v) is 4.65. The summed E-state index contributed by atoms with van der Waals surface area (Å²) in [7, 11) is 0. The van der Waals surface area contributed by atoms with Gasteiger partial charge >= 0.3 is 0 Å². The van der Waals surface area contributed by atoms with Gasteiger partial charge in [0, 0.05) is 28.1 Å². The number of nitrogens with zero attached hydrogens (tertiary/aromatic N) is 1. The molecule has 24 heavy (non-hydrogen) atoms. The van der Waals surface area contributed by atoms with E-state index in [4.69, 9.17) is 11.6 Å². The van der Waals surface area contributed by atoms with Gasteiger partial charge in [-0.15, -0.1) is 0 Å². The smallest absolute Gasteiger partial charge is 0.261 e. The normalized spacial score (nSPS) is 13.6. The summed E-state index contributed by atoms with van der Waals surface area (Å²) < 4.78 is 0. The van der Waals surface area contributed by atoms with Crippen LogP contribution in [0.3, 0.4) is 0 Å². The molecule has 0 N–H and O–H groups in total.